The Kier molecular flexibility index (Phi) is 9.31. The Morgan fingerprint density at radius 3 is 1.73 bits per heavy atom. The molecule has 0 saturated heterocycles. The molecule has 0 aromatic heterocycles. The van der Waals surface area contributed by atoms with Crippen molar-refractivity contribution in [3.05, 3.63) is 0 Å². The number of carbonyl (C=O) groups is 1. The van der Waals surface area contributed by atoms with Crippen LogP contribution in [0.4, 0.5) is 0 Å². The first-order valence-electron chi connectivity index (χ1n) is 4.10. The maximum Gasteiger partial charge on any atom is 0.119 e. The summed E-state index contributed by atoms with van der Waals surface area (Å²) in [5, 5.41) is 3.10. The van der Waals surface area contributed by atoms with E-state index in [0.29, 0.717) is 12.0 Å². The Hall–Kier alpha value is -0.370. The van der Waals surface area contributed by atoms with Crippen LogP contribution in [0.1, 0.15) is 40.5 Å². The molecule has 0 amide bonds. The lowest BCUT2D eigenvalue weighted by atomic mass is 10.1. The van der Waals surface area contributed by atoms with Crippen LogP contribution in [0, 0.1) is 0 Å². The largest absolute Gasteiger partial charge is 0.315 e. The highest BCUT2D eigenvalue weighted by Crippen LogP contribution is 1.93. The highest BCUT2D eigenvalue weighted by molar-refractivity contribution is 5.48. The number of rotatable bonds is 2. The monoisotopic (exact) mass is 159 g/mol. The zero-order chi connectivity index (χ0) is 9.33. The van der Waals surface area contributed by atoms with Crippen LogP contribution in [-0.2, 0) is 4.79 Å². The van der Waals surface area contributed by atoms with Gasteiger partial charge in [-0.15, -0.1) is 0 Å². The Morgan fingerprint density at radius 2 is 1.73 bits per heavy atom. The van der Waals surface area contributed by atoms with E-state index in [0.717, 1.165) is 12.7 Å². The number of carbonyl (C=O) groups excluding carboxylic acids is 1. The van der Waals surface area contributed by atoms with Crippen molar-refractivity contribution in [2.24, 2.45) is 0 Å². The molecule has 0 unspecified atom stereocenters. The van der Waals surface area contributed by atoms with Gasteiger partial charge in [0.25, 0.3) is 0 Å². The SMILES string of the molecule is CCCC=O.CNC(C)(C)C. The first-order chi connectivity index (χ1) is 4.97. The van der Waals surface area contributed by atoms with Crippen molar-refractivity contribution < 1.29 is 4.79 Å². The van der Waals surface area contributed by atoms with Gasteiger partial charge in [0.15, 0.2) is 0 Å². The lowest BCUT2D eigenvalue weighted by molar-refractivity contribution is -0.107. The van der Waals surface area contributed by atoms with Gasteiger partial charge in [0.2, 0.25) is 0 Å². The molecule has 2 nitrogen and oxygen atoms in total. The molecule has 0 aliphatic heterocycles. The molecule has 0 fully saturated rings. The molecule has 0 bridgehead atoms. The molecule has 11 heavy (non-hydrogen) atoms. The normalized spacial score (nSPS) is 9.91. The summed E-state index contributed by atoms with van der Waals surface area (Å²) < 4.78 is 0. The fourth-order valence-electron chi connectivity index (χ4n) is 0.118. The molecule has 0 aliphatic carbocycles. The topological polar surface area (TPSA) is 29.1 Å². The molecule has 0 spiro atoms. The van der Waals surface area contributed by atoms with Crippen molar-refractivity contribution in [2.75, 3.05) is 7.05 Å². The second-order valence-electron chi connectivity index (χ2n) is 3.46. The predicted molar refractivity (Wildman–Crippen MR) is 49.8 cm³/mol. The van der Waals surface area contributed by atoms with Crippen molar-refractivity contribution in [1.82, 2.24) is 5.32 Å². The van der Waals surface area contributed by atoms with E-state index in [1.165, 1.54) is 0 Å². The maximum atomic E-state index is 9.40. The summed E-state index contributed by atoms with van der Waals surface area (Å²) in [6.45, 7) is 8.38. The van der Waals surface area contributed by atoms with E-state index in [9.17, 15) is 4.79 Å². The van der Waals surface area contributed by atoms with E-state index in [2.05, 4.69) is 26.1 Å². The van der Waals surface area contributed by atoms with Gasteiger partial charge in [0.1, 0.15) is 6.29 Å². The van der Waals surface area contributed by atoms with Gasteiger partial charge in [-0.3, -0.25) is 0 Å². The van der Waals surface area contributed by atoms with Crippen LogP contribution in [0.25, 0.3) is 0 Å². The second-order valence-corrected chi connectivity index (χ2v) is 3.46. The smallest absolute Gasteiger partial charge is 0.119 e. The van der Waals surface area contributed by atoms with Crippen LogP contribution in [0.2, 0.25) is 0 Å². The molecule has 0 rings (SSSR count). The molecular weight excluding hydrogens is 138 g/mol. The summed E-state index contributed by atoms with van der Waals surface area (Å²) in [4.78, 5) is 9.40. The van der Waals surface area contributed by atoms with Gasteiger partial charge >= 0.3 is 0 Å². The van der Waals surface area contributed by atoms with Crippen molar-refractivity contribution >= 4 is 6.29 Å². The number of nitrogens with one attached hydrogen (secondary N) is 1. The Bertz CT molecular complexity index is 84.1. The second kappa shape index (κ2) is 7.73. The summed E-state index contributed by atoms with van der Waals surface area (Å²) in [6, 6.07) is 0. The van der Waals surface area contributed by atoms with Crippen molar-refractivity contribution in [1.29, 1.82) is 0 Å². The van der Waals surface area contributed by atoms with Gasteiger partial charge in [-0.25, -0.2) is 0 Å². The van der Waals surface area contributed by atoms with E-state index in [4.69, 9.17) is 0 Å². The minimum atomic E-state index is 0.292. The van der Waals surface area contributed by atoms with Gasteiger partial charge in [0.05, 0.1) is 0 Å². The van der Waals surface area contributed by atoms with Gasteiger partial charge in [-0.05, 0) is 34.2 Å². The molecule has 68 valence electrons. The lowest BCUT2D eigenvalue weighted by Gasteiger charge is -2.15. The number of hydrogen-bond donors (Lipinski definition) is 1. The van der Waals surface area contributed by atoms with Crippen LogP contribution >= 0.6 is 0 Å². The van der Waals surface area contributed by atoms with Crippen LogP contribution in [0.5, 0.6) is 0 Å². The first kappa shape index (κ1) is 13.2. The molecule has 0 aromatic carbocycles. The molecule has 0 radical (unpaired) electrons. The fourth-order valence-corrected chi connectivity index (χ4v) is 0.118. The van der Waals surface area contributed by atoms with E-state index >= 15 is 0 Å². The molecule has 2 heteroatoms. The summed E-state index contributed by atoms with van der Waals surface area (Å²) in [5.74, 6) is 0. The van der Waals surface area contributed by atoms with E-state index < -0.39 is 0 Å². The average Bonchev–Trinajstić information content (AvgIpc) is 1.90. The molecule has 0 aliphatic rings. The van der Waals surface area contributed by atoms with Gasteiger partial charge in [0, 0.05) is 12.0 Å². The van der Waals surface area contributed by atoms with Crippen molar-refractivity contribution in [2.45, 2.75) is 46.1 Å². The third-order valence-electron chi connectivity index (χ3n) is 1.16. The molecule has 0 aromatic rings. The quantitative estimate of drug-likeness (QED) is 0.624. The van der Waals surface area contributed by atoms with Crippen molar-refractivity contribution in [3.8, 4) is 0 Å². The Balaban J connectivity index is 0. The lowest BCUT2D eigenvalue weighted by Crippen LogP contribution is -2.31. The zero-order valence-electron chi connectivity index (χ0n) is 8.40. The zero-order valence-corrected chi connectivity index (χ0v) is 8.40. The summed E-state index contributed by atoms with van der Waals surface area (Å²) in [6.07, 6.45) is 2.61. The summed E-state index contributed by atoms with van der Waals surface area (Å²) in [5.41, 5.74) is 0.292. The van der Waals surface area contributed by atoms with Crippen LogP contribution < -0.4 is 5.32 Å². The van der Waals surface area contributed by atoms with Crippen LogP contribution in [-0.4, -0.2) is 18.9 Å². The molecule has 0 heterocycles. The van der Waals surface area contributed by atoms with E-state index in [1.54, 1.807) is 0 Å². The molecule has 0 saturated carbocycles. The number of hydrogen-bond acceptors (Lipinski definition) is 2. The van der Waals surface area contributed by atoms with Gasteiger partial charge in [-0.1, -0.05) is 6.92 Å². The highest BCUT2D eigenvalue weighted by atomic mass is 16.1. The summed E-state index contributed by atoms with van der Waals surface area (Å²) >= 11 is 0. The third-order valence-corrected chi connectivity index (χ3v) is 1.16. The molecule has 1 N–H and O–H groups in total. The highest BCUT2D eigenvalue weighted by Gasteiger charge is 2.01. The number of aldehydes is 1. The van der Waals surface area contributed by atoms with Crippen LogP contribution in [0.15, 0.2) is 0 Å². The molecule has 0 atom stereocenters. The predicted octanol–water partition coefficient (Wildman–Crippen LogP) is 1.99. The minimum absolute atomic E-state index is 0.292. The Morgan fingerprint density at radius 1 is 1.36 bits per heavy atom. The first-order valence-corrected chi connectivity index (χ1v) is 4.10. The minimum Gasteiger partial charge on any atom is -0.315 e. The van der Waals surface area contributed by atoms with E-state index in [-0.39, 0.29) is 0 Å². The third kappa shape index (κ3) is 26.2. The fraction of sp³-hybridized carbons (Fsp3) is 0.889. The van der Waals surface area contributed by atoms with Gasteiger partial charge in [-0.2, -0.15) is 0 Å². The van der Waals surface area contributed by atoms with Crippen molar-refractivity contribution in [3.63, 3.8) is 0 Å². The van der Waals surface area contributed by atoms with E-state index in [1.807, 2.05) is 14.0 Å². The molecular formula is C9H21NO. The summed E-state index contributed by atoms with van der Waals surface area (Å²) in [7, 11) is 1.96. The van der Waals surface area contributed by atoms with Gasteiger partial charge < -0.3 is 10.1 Å². The number of unbranched alkanes of at least 4 members (excludes halogenated alkanes) is 1. The average molecular weight is 159 g/mol. The standard InChI is InChI=1S/C5H13N.C4H8O/c1-5(2,3)6-4;1-2-3-4-5/h6H,1-4H3;4H,2-3H2,1H3. The maximum absolute atomic E-state index is 9.40. The Labute approximate surface area is 70.4 Å². The van der Waals surface area contributed by atoms with Crippen LogP contribution in [0.3, 0.4) is 0 Å².